The second-order valence-corrected chi connectivity index (χ2v) is 4.26. The van der Waals surface area contributed by atoms with Crippen LogP contribution in [0.1, 0.15) is 23.2 Å². The van der Waals surface area contributed by atoms with Gasteiger partial charge < -0.3 is 4.74 Å². The molecule has 2 rings (SSSR count). The minimum Gasteiger partial charge on any atom is -0.465 e. The van der Waals surface area contributed by atoms with Crippen molar-refractivity contribution in [2.75, 3.05) is 13.7 Å². The lowest BCUT2D eigenvalue weighted by molar-refractivity contribution is 0.0603. The lowest BCUT2D eigenvalue weighted by atomic mass is 10.1. The van der Waals surface area contributed by atoms with Crippen LogP contribution < -0.4 is 0 Å². The Kier molecular flexibility index (Phi) is 4.57. The van der Waals surface area contributed by atoms with Crippen molar-refractivity contribution >= 4 is 16.9 Å². The van der Waals surface area contributed by atoms with E-state index < -0.39 is 0 Å². The predicted molar refractivity (Wildman–Crippen MR) is 74.3 cm³/mol. The van der Waals surface area contributed by atoms with Crippen molar-refractivity contribution in [3.05, 3.63) is 40.4 Å². The third-order valence-corrected chi connectivity index (χ3v) is 3.03. The Morgan fingerprint density at radius 2 is 2.35 bits per heavy atom. The Morgan fingerprint density at radius 1 is 1.50 bits per heavy atom. The summed E-state index contributed by atoms with van der Waals surface area (Å²) in [5.41, 5.74) is 9.61. The zero-order valence-corrected chi connectivity index (χ0v) is 11.2. The van der Waals surface area contributed by atoms with E-state index in [4.69, 9.17) is 10.3 Å². The Hall–Kier alpha value is -2.53. The molecule has 2 aromatic rings. The van der Waals surface area contributed by atoms with Crippen molar-refractivity contribution in [3.63, 3.8) is 0 Å². The van der Waals surface area contributed by atoms with E-state index in [2.05, 4.69) is 15.1 Å². The SMILES string of the molecule is COC(=O)c1cccc2c1cnn2CCCCN=[N+]=[N-]. The average Bonchev–Trinajstić information content (AvgIpc) is 2.89. The summed E-state index contributed by atoms with van der Waals surface area (Å²) in [6.07, 6.45) is 3.34. The van der Waals surface area contributed by atoms with Crippen molar-refractivity contribution in [2.24, 2.45) is 5.11 Å². The van der Waals surface area contributed by atoms with Gasteiger partial charge in [0, 0.05) is 23.4 Å². The van der Waals surface area contributed by atoms with Crippen LogP contribution in [0.5, 0.6) is 0 Å². The molecule has 0 aliphatic heterocycles. The molecule has 0 N–H and O–H groups in total. The molecule has 1 aromatic carbocycles. The number of ether oxygens (including phenoxy) is 1. The summed E-state index contributed by atoms with van der Waals surface area (Å²) in [4.78, 5) is 14.4. The van der Waals surface area contributed by atoms with E-state index in [0.717, 1.165) is 30.3 Å². The van der Waals surface area contributed by atoms with Crippen LogP contribution in [0.3, 0.4) is 0 Å². The van der Waals surface area contributed by atoms with Gasteiger partial charge in [0.1, 0.15) is 0 Å². The average molecular weight is 273 g/mol. The van der Waals surface area contributed by atoms with E-state index in [9.17, 15) is 4.79 Å². The molecule has 0 amide bonds. The lowest BCUT2D eigenvalue weighted by Gasteiger charge is -2.04. The van der Waals surface area contributed by atoms with Gasteiger partial charge in [-0.1, -0.05) is 11.2 Å². The van der Waals surface area contributed by atoms with Gasteiger partial charge >= 0.3 is 5.97 Å². The molecule has 0 aliphatic carbocycles. The Balaban J connectivity index is 2.16. The van der Waals surface area contributed by atoms with Crippen molar-refractivity contribution in [1.29, 1.82) is 0 Å². The molecule has 0 fully saturated rings. The number of carbonyl (C=O) groups is 1. The van der Waals surface area contributed by atoms with E-state index in [-0.39, 0.29) is 5.97 Å². The molecule has 0 saturated heterocycles. The maximum atomic E-state index is 11.7. The zero-order chi connectivity index (χ0) is 14.4. The van der Waals surface area contributed by atoms with Crippen LogP contribution in [-0.4, -0.2) is 29.4 Å². The van der Waals surface area contributed by atoms with E-state index in [0.29, 0.717) is 12.1 Å². The number of fused-ring (bicyclic) bond motifs is 1. The number of methoxy groups -OCH3 is 1. The number of azide groups is 1. The highest BCUT2D eigenvalue weighted by atomic mass is 16.5. The summed E-state index contributed by atoms with van der Waals surface area (Å²) in [5, 5.41) is 8.57. The molecule has 0 unspecified atom stereocenters. The van der Waals surface area contributed by atoms with Gasteiger partial charge in [0.2, 0.25) is 0 Å². The normalized spacial score (nSPS) is 10.2. The van der Waals surface area contributed by atoms with Crippen molar-refractivity contribution in [3.8, 4) is 0 Å². The van der Waals surface area contributed by atoms with E-state index in [1.54, 1.807) is 12.3 Å². The highest BCUT2D eigenvalue weighted by Crippen LogP contribution is 2.19. The van der Waals surface area contributed by atoms with Crippen LogP contribution in [-0.2, 0) is 11.3 Å². The number of nitrogens with zero attached hydrogens (tertiary/aromatic N) is 5. The number of hydrogen-bond acceptors (Lipinski definition) is 4. The van der Waals surface area contributed by atoms with Gasteiger partial charge in [-0.3, -0.25) is 4.68 Å². The molecule has 0 aliphatic rings. The van der Waals surface area contributed by atoms with Gasteiger partial charge in [-0.15, -0.1) is 0 Å². The fourth-order valence-electron chi connectivity index (χ4n) is 2.06. The Labute approximate surface area is 115 Å². The van der Waals surface area contributed by atoms with Gasteiger partial charge in [0.25, 0.3) is 0 Å². The first-order chi connectivity index (χ1) is 9.77. The third kappa shape index (κ3) is 2.89. The standard InChI is InChI=1S/C13H15N5O2/c1-20-13(19)10-5-4-6-12-11(10)9-16-18(12)8-3-2-7-15-17-14/h4-6,9H,2-3,7-8H2,1H3. The predicted octanol–water partition coefficient (Wildman–Crippen LogP) is 2.91. The minimum absolute atomic E-state index is 0.362. The van der Waals surface area contributed by atoms with E-state index in [1.165, 1.54) is 7.11 Å². The molecular formula is C13H15N5O2. The summed E-state index contributed by atoms with van der Waals surface area (Å²) in [6.45, 7) is 1.21. The maximum Gasteiger partial charge on any atom is 0.338 e. The van der Waals surface area contributed by atoms with Gasteiger partial charge in [-0.25, -0.2) is 4.79 Å². The second-order valence-electron chi connectivity index (χ2n) is 4.26. The molecule has 7 nitrogen and oxygen atoms in total. The fourth-order valence-corrected chi connectivity index (χ4v) is 2.06. The van der Waals surface area contributed by atoms with Crippen molar-refractivity contribution in [2.45, 2.75) is 19.4 Å². The summed E-state index contributed by atoms with van der Waals surface area (Å²) in [7, 11) is 1.36. The van der Waals surface area contributed by atoms with E-state index in [1.807, 2.05) is 16.8 Å². The summed E-state index contributed by atoms with van der Waals surface area (Å²) >= 11 is 0. The lowest BCUT2D eigenvalue weighted by Crippen LogP contribution is -2.03. The molecule has 1 aromatic heterocycles. The minimum atomic E-state index is -0.362. The third-order valence-electron chi connectivity index (χ3n) is 3.03. The zero-order valence-electron chi connectivity index (χ0n) is 11.2. The molecular weight excluding hydrogens is 258 g/mol. The Morgan fingerprint density at radius 3 is 3.10 bits per heavy atom. The van der Waals surface area contributed by atoms with Crippen LogP contribution in [0, 0.1) is 0 Å². The van der Waals surface area contributed by atoms with Crippen LogP contribution in [0.15, 0.2) is 29.5 Å². The summed E-state index contributed by atoms with van der Waals surface area (Å²) < 4.78 is 6.60. The van der Waals surface area contributed by atoms with Crippen LogP contribution in [0.25, 0.3) is 21.3 Å². The topological polar surface area (TPSA) is 92.9 Å². The molecule has 1 heterocycles. The number of hydrogen-bond donors (Lipinski definition) is 0. The fraction of sp³-hybridized carbons (Fsp3) is 0.385. The maximum absolute atomic E-state index is 11.7. The first kappa shape index (κ1) is 13.9. The second kappa shape index (κ2) is 6.58. The molecule has 0 bridgehead atoms. The molecule has 20 heavy (non-hydrogen) atoms. The monoisotopic (exact) mass is 273 g/mol. The number of unbranched alkanes of at least 4 members (excludes halogenated alkanes) is 1. The van der Waals surface area contributed by atoms with Crippen LogP contribution in [0.2, 0.25) is 0 Å². The molecule has 0 spiro atoms. The molecule has 0 atom stereocenters. The summed E-state index contributed by atoms with van der Waals surface area (Å²) in [6, 6.07) is 5.46. The first-order valence-electron chi connectivity index (χ1n) is 6.31. The molecule has 104 valence electrons. The number of carbonyl (C=O) groups excluding carboxylic acids is 1. The number of aryl methyl sites for hydroxylation is 1. The summed E-state index contributed by atoms with van der Waals surface area (Å²) in [5.74, 6) is -0.362. The highest BCUT2D eigenvalue weighted by molar-refractivity contribution is 6.03. The first-order valence-corrected chi connectivity index (χ1v) is 6.31. The van der Waals surface area contributed by atoms with Gasteiger partial charge in [0.05, 0.1) is 24.4 Å². The number of aromatic nitrogens is 2. The highest BCUT2D eigenvalue weighted by Gasteiger charge is 2.12. The van der Waals surface area contributed by atoms with Crippen molar-refractivity contribution < 1.29 is 9.53 Å². The number of esters is 1. The van der Waals surface area contributed by atoms with E-state index >= 15 is 0 Å². The van der Waals surface area contributed by atoms with Crippen LogP contribution in [0.4, 0.5) is 0 Å². The largest absolute Gasteiger partial charge is 0.465 e. The number of rotatable bonds is 6. The number of benzene rings is 1. The van der Waals surface area contributed by atoms with Gasteiger partial charge in [-0.2, -0.15) is 5.10 Å². The Bertz CT molecular complexity index is 658. The quantitative estimate of drug-likeness (QED) is 0.266. The molecule has 0 radical (unpaired) electrons. The van der Waals surface area contributed by atoms with Gasteiger partial charge in [0.15, 0.2) is 0 Å². The smallest absolute Gasteiger partial charge is 0.338 e. The van der Waals surface area contributed by atoms with Crippen molar-refractivity contribution in [1.82, 2.24) is 9.78 Å². The molecule has 0 saturated carbocycles. The molecule has 7 heteroatoms. The van der Waals surface area contributed by atoms with Gasteiger partial charge in [-0.05, 0) is 30.5 Å². The van der Waals surface area contributed by atoms with Crippen LogP contribution >= 0.6 is 0 Å².